The van der Waals surface area contributed by atoms with Crippen molar-refractivity contribution < 1.29 is 80.7 Å². The highest BCUT2D eigenvalue weighted by atomic mass is 19.4. The van der Waals surface area contributed by atoms with Gasteiger partial charge in [-0.2, -0.15) is 13.2 Å². The van der Waals surface area contributed by atoms with Crippen LogP contribution in [-0.2, 0) is 54.4 Å². The standard InChI is InChI=1S/C69H108F3N11O14/c1-15-43(8)59(51(95-13)38-55(86)82-37-23-27-50(82)61(96-14)44(9)62(88)75-45(10)60(87)47-24-18-16-19-25-47)80(11)66(92)57(41(4)5)79-65(91)58(42(6)7)81(12)68(94)97-39-46-29-31-48(32-30-46)76-63(89)49(26-22-35-74-67(73)93)77-64(90)56(40(2)3)78-52(69(70,71)72)28-20-17-21-36-83-53(84)33-34-54(83)85/h16,18-19,24-25,29-34,40-45,49-53,56-61,78,84,87H,15,17,20-23,26-28,35-39H2,1-14H3,(H,75,88)(H,76,89)(H,77,90)(H,79,91)(H3,73,74,93)/t43-,44+,45+,49-,50-,51+,52?,53?,56-,57-,58-,59-,60+,61+/m0/s1. The number of hydrogen-bond donors (Lipinski definition) is 9. The predicted molar refractivity (Wildman–Crippen MR) is 359 cm³/mol. The van der Waals surface area contributed by atoms with Gasteiger partial charge in [0.05, 0.1) is 54.8 Å². The zero-order valence-corrected chi connectivity index (χ0v) is 58.9. The SMILES string of the molecule is CC[C@H](C)[C@@H]([C@@H](CC(=O)N1CCC[C@H]1[C@H](OC)[C@@H](C)C(=O)N[C@H](C)[C@@H](O)c1ccccc1)OC)N(C)C(=O)[C@@H](NC(=O)[C@H](C(C)C)N(C)C(=O)OCc1ccc(NC(=O)[C@H](CCCNC(N)=O)NC(=O)[C@@H](NC(CCCCCN2C(=O)C=CC2O)C(F)(F)F)C(C)C)cc1)C(C)C. The summed E-state index contributed by atoms with van der Waals surface area (Å²) in [6, 6.07) is 5.61. The lowest BCUT2D eigenvalue weighted by Crippen LogP contribution is -2.60. The van der Waals surface area contributed by atoms with Gasteiger partial charge in [-0.05, 0) is 98.5 Å². The molecule has 2 aliphatic heterocycles. The van der Waals surface area contributed by atoms with Gasteiger partial charge in [-0.1, -0.05) is 124 Å². The Morgan fingerprint density at radius 2 is 1.41 bits per heavy atom. The summed E-state index contributed by atoms with van der Waals surface area (Å²) in [4.78, 5) is 128. The van der Waals surface area contributed by atoms with E-state index in [0.29, 0.717) is 49.8 Å². The largest absolute Gasteiger partial charge is 0.445 e. The van der Waals surface area contributed by atoms with Crippen molar-refractivity contribution in [3.05, 3.63) is 77.9 Å². The lowest BCUT2D eigenvalue weighted by molar-refractivity contribution is -0.161. The number of carbonyl (C=O) groups is 9. The van der Waals surface area contributed by atoms with Crippen LogP contribution in [-0.4, -0.2) is 204 Å². The average molecular weight is 1370 g/mol. The maximum atomic E-state index is 14.8. The number of amides is 10. The number of aliphatic hydroxyl groups is 2. The number of alkyl halides is 3. The molecule has 2 heterocycles. The molecule has 10 amide bonds. The third kappa shape index (κ3) is 24.2. The van der Waals surface area contributed by atoms with Crippen LogP contribution in [0, 0.1) is 29.6 Å². The van der Waals surface area contributed by atoms with E-state index in [1.807, 2.05) is 32.0 Å². The second-order valence-corrected chi connectivity index (χ2v) is 26.6. The van der Waals surface area contributed by atoms with E-state index >= 15 is 0 Å². The Morgan fingerprint density at radius 3 is 1.97 bits per heavy atom. The van der Waals surface area contributed by atoms with Crippen molar-refractivity contribution in [1.82, 2.24) is 46.2 Å². The number of nitrogens with one attached hydrogen (secondary N) is 6. The number of ether oxygens (including phenoxy) is 3. The molecule has 544 valence electrons. The lowest BCUT2D eigenvalue weighted by atomic mass is 9.89. The molecule has 2 aromatic rings. The average Bonchev–Trinajstić information content (AvgIpc) is 1.80. The molecule has 4 rings (SSSR count). The number of likely N-dealkylation sites (N-methyl/N-ethyl adjacent to an activating group) is 2. The number of likely N-dealkylation sites (tertiary alicyclic amines) is 1. The minimum Gasteiger partial charge on any atom is -0.445 e. The van der Waals surface area contributed by atoms with Gasteiger partial charge in [-0.3, -0.25) is 43.8 Å². The number of unbranched alkanes of at least 4 members (excludes halogenated alkanes) is 2. The maximum absolute atomic E-state index is 14.8. The number of methoxy groups -OCH3 is 2. The third-order valence-corrected chi connectivity index (χ3v) is 18.4. The molecular formula is C69H108F3N11O14. The fraction of sp³-hybridized carbons (Fsp3) is 0.667. The van der Waals surface area contributed by atoms with E-state index in [9.17, 15) is 66.5 Å². The van der Waals surface area contributed by atoms with E-state index in [1.54, 1.807) is 91.6 Å². The smallest absolute Gasteiger partial charge is 0.410 e. The predicted octanol–water partition coefficient (Wildman–Crippen LogP) is 6.27. The highest BCUT2D eigenvalue weighted by Crippen LogP contribution is 2.31. The third-order valence-electron chi connectivity index (χ3n) is 18.4. The highest BCUT2D eigenvalue weighted by Gasteiger charge is 2.45. The zero-order valence-electron chi connectivity index (χ0n) is 58.9. The Hall–Kier alpha value is -7.40. The summed E-state index contributed by atoms with van der Waals surface area (Å²) in [6.07, 6.45) is -4.41. The quantitative estimate of drug-likeness (QED) is 0.0333. The molecule has 0 aromatic heterocycles. The number of urea groups is 1. The minimum absolute atomic E-state index is 0.0226. The molecule has 10 N–H and O–H groups in total. The van der Waals surface area contributed by atoms with Crippen LogP contribution in [0.1, 0.15) is 151 Å². The van der Waals surface area contributed by atoms with Gasteiger partial charge in [-0.25, -0.2) is 9.59 Å². The highest BCUT2D eigenvalue weighted by molar-refractivity contribution is 5.98. The number of halogens is 3. The number of rotatable bonds is 39. The van der Waals surface area contributed by atoms with Gasteiger partial charge in [0.1, 0.15) is 37.0 Å². The molecule has 0 radical (unpaired) electrons. The number of primary amides is 1. The van der Waals surface area contributed by atoms with Crippen LogP contribution in [0.2, 0.25) is 0 Å². The zero-order chi connectivity index (χ0) is 72.6. The number of nitrogens with zero attached hydrogens (tertiary/aromatic N) is 4. The number of benzene rings is 2. The molecule has 0 aliphatic carbocycles. The summed E-state index contributed by atoms with van der Waals surface area (Å²) in [6.45, 7) is 17.8. The molecule has 0 spiro atoms. The molecule has 2 aromatic carbocycles. The summed E-state index contributed by atoms with van der Waals surface area (Å²) in [5, 5.41) is 36.9. The topological polar surface area (TPSA) is 333 Å². The maximum Gasteiger partial charge on any atom is 0.410 e. The Kier molecular flexibility index (Phi) is 33.2. The Bertz CT molecular complexity index is 2910. The van der Waals surface area contributed by atoms with Crippen LogP contribution in [0.15, 0.2) is 66.7 Å². The van der Waals surface area contributed by atoms with Gasteiger partial charge in [0.2, 0.25) is 41.4 Å². The summed E-state index contributed by atoms with van der Waals surface area (Å²) < 4.78 is 61.1. The Labute approximate surface area is 569 Å². The van der Waals surface area contributed by atoms with Crippen molar-refractivity contribution in [2.45, 2.75) is 219 Å². The first kappa shape index (κ1) is 82.0. The Balaban J connectivity index is 1.40. The second-order valence-electron chi connectivity index (χ2n) is 26.6. The minimum atomic E-state index is -4.75. The van der Waals surface area contributed by atoms with Crippen LogP contribution in [0.3, 0.4) is 0 Å². The van der Waals surface area contributed by atoms with Gasteiger partial charge < -0.3 is 71.4 Å². The lowest BCUT2D eigenvalue weighted by Gasteiger charge is -2.41. The van der Waals surface area contributed by atoms with Crippen molar-refractivity contribution in [3.63, 3.8) is 0 Å². The first-order chi connectivity index (χ1) is 45.7. The molecule has 0 bridgehead atoms. The fourth-order valence-electron chi connectivity index (χ4n) is 12.6. The number of nitrogens with two attached hydrogens (primary N) is 1. The van der Waals surface area contributed by atoms with Gasteiger partial charge >= 0.3 is 18.3 Å². The molecule has 14 atom stereocenters. The van der Waals surface area contributed by atoms with E-state index in [2.05, 4.69) is 31.9 Å². The molecule has 1 saturated heterocycles. The van der Waals surface area contributed by atoms with E-state index < -0.39 is 138 Å². The summed E-state index contributed by atoms with van der Waals surface area (Å²) in [7, 11) is 6.01. The monoisotopic (exact) mass is 1370 g/mol. The molecule has 2 aliphatic rings. The summed E-state index contributed by atoms with van der Waals surface area (Å²) >= 11 is 0. The first-order valence-corrected chi connectivity index (χ1v) is 33.8. The molecule has 97 heavy (non-hydrogen) atoms. The molecule has 1 fully saturated rings. The van der Waals surface area contributed by atoms with E-state index in [-0.39, 0.29) is 81.1 Å². The molecule has 28 heteroatoms. The van der Waals surface area contributed by atoms with E-state index in [0.717, 1.165) is 4.90 Å². The van der Waals surface area contributed by atoms with Gasteiger partial charge in [0.15, 0.2) is 0 Å². The van der Waals surface area contributed by atoms with Crippen molar-refractivity contribution in [3.8, 4) is 0 Å². The van der Waals surface area contributed by atoms with Gasteiger partial charge in [0.25, 0.3) is 0 Å². The van der Waals surface area contributed by atoms with Gasteiger partial charge in [0, 0.05) is 59.7 Å². The molecule has 2 unspecified atom stereocenters. The van der Waals surface area contributed by atoms with E-state index in [1.165, 1.54) is 55.4 Å². The van der Waals surface area contributed by atoms with E-state index in [4.69, 9.17) is 19.9 Å². The Morgan fingerprint density at radius 1 is 0.763 bits per heavy atom. The van der Waals surface area contributed by atoms with Crippen molar-refractivity contribution >= 4 is 59.2 Å². The number of carbonyl (C=O) groups excluding carboxylic acids is 9. The summed E-state index contributed by atoms with van der Waals surface area (Å²) in [5.41, 5.74) is 6.59. The van der Waals surface area contributed by atoms with Crippen molar-refractivity contribution in [1.29, 1.82) is 0 Å². The van der Waals surface area contributed by atoms with Crippen molar-refractivity contribution in [2.75, 3.05) is 53.3 Å². The molecule has 25 nitrogen and oxygen atoms in total. The second kappa shape index (κ2) is 39.3. The van der Waals surface area contributed by atoms with Crippen LogP contribution in [0.5, 0.6) is 0 Å². The normalized spacial score (nSPS) is 18.6. The molecular weight excluding hydrogens is 1260 g/mol. The van der Waals surface area contributed by atoms with Gasteiger partial charge in [-0.15, -0.1) is 0 Å². The first-order valence-electron chi connectivity index (χ1n) is 33.8. The van der Waals surface area contributed by atoms with Crippen LogP contribution in [0.25, 0.3) is 0 Å². The fourth-order valence-corrected chi connectivity index (χ4v) is 12.6. The number of aliphatic hydroxyl groups excluding tert-OH is 2. The van der Waals surface area contributed by atoms with Crippen molar-refractivity contribution in [2.24, 2.45) is 35.3 Å². The number of anilines is 1. The van der Waals surface area contributed by atoms with Crippen LogP contribution in [0.4, 0.5) is 28.4 Å². The van der Waals surface area contributed by atoms with Crippen LogP contribution < -0.4 is 37.6 Å². The van der Waals surface area contributed by atoms with Crippen LogP contribution >= 0.6 is 0 Å². The number of hydrogen-bond acceptors (Lipinski definition) is 15. The summed E-state index contributed by atoms with van der Waals surface area (Å²) in [5.74, 6) is -6.12. The molecule has 0 saturated carbocycles.